The van der Waals surface area contributed by atoms with Crippen LogP contribution in [0.3, 0.4) is 0 Å². The molecule has 3 rings (SSSR count). The second-order valence-electron chi connectivity index (χ2n) is 6.00. The molecule has 0 aliphatic rings. The third-order valence-electron chi connectivity index (χ3n) is 4.01. The highest BCUT2D eigenvalue weighted by atomic mass is 16.5. The number of nitrogens with one attached hydrogen (secondary N) is 2. The summed E-state index contributed by atoms with van der Waals surface area (Å²) in [6.07, 6.45) is 0. The lowest BCUT2D eigenvalue weighted by molar-refractivity contribution is 0.102. The Morgan fingerprint density at radius 2 is 1.89 bits per heavy atom. The third kappa shape index (κ3) is 4.43. The van der Waals surface area contributed by atoms with Crippen LogP contribution >= 0.6 is 0 Å². The van der Waals surface area contributed by atoms with Gasteiger partial charge in [-0.3, -0.25) is 4.79 Å². The van der Waals surface area contributed by atoms with E-state index in [9.17, 15) is 4.79 Å². The van der Waals surface area contributed by atoms with Gasteiger partial charge in [0, 0.05) is 17.8 Å². The van der Waals surface area contributed by atoms with E-state index in [0.29, 0.717) is 29.4 Å². The molecule has 1 heterocycles. The maximum atomic E-state index is 12.6. The molecule has 7 nitrogen and oxygen atoms in total. The molecule has 0 aliphatic carbocycles. The molecule has 28 heavy (non-hydrogen) atoms. The number of aromatic nitrogens is 2. The van der Waals surface area contributed by atoms with Crippen LogP contribution in [0, 0.1) is 18.3 Å². The number of hydrogen-bond donors (Lipinski definition) is 2. The zero-order chi connectivity index (χ0) is 19.9. The van der Waals surface area contributed by atoms with Crippen LogP contribution in [0.2, 0.25) is 0 Å². The fourth-order valence-electron chi connectivity index (χ4n) is 2.66. The normalized spacial score (nSPS) is 10.0. The first-order valence-electron chi connectivity index (χ1n) is 8.62. The molecule has 0 atom stereocenters. The number of nitriles is 1. The summed E-state index contributed by atoms with van der Waals surface area (Å²) in [6, 6.07) is 18.1. The van der Waals surface area contributed by atoms with E-state index in [2.05, 4.69) is 26.7 Å². The standard InChI is InChI=1S/C21H19N5O2/c1-14-11-18(20(27)25-17-9-5-3-7-15(17)12-22)26-21(24-14)23-13-16-8-4-6-10-19(16)28-2/h3-11H,13H2,1-2H3,(H,25,27)(H,23,24,26). The number of hydrogen-bond acceptors (Lipinski definition) is 6. The molecule has 140 valence electrons. The summed E-state index contributed by atoms with van der Waals surface area (Å²) >= 11 is 0. The van der Waals surface area contributed by atoms with Gasteiger partial charge in [0.1, 0.15) is 17.5 Å². The molecule has 0 spiro atoms. The molecule has 1 aromatic heterocycles. The van der Waals surface area contributed by atoms with Crippen LogP contribution in [0.25, 0.3) is 0 Å². The Kier molecular flexibility index (Phi) is 5.82. The summed E-state index contributed by atoms with van der Waals surface area (Å²) in [5.74, 6) is 0.687. The molecule has 0 aliphatic heterocycles. The van der Waals surface area contributed by atoms with Gasteiger partial charge in [0.05, 0.1) is 18.4 Å². The average molecular weight is 373 g/mol. The topological polar surface area (TPSA) is 99.9 Å². The van der Waals surface area contributed by atoms with Gasteiger partial charge < -0.3 is 15.4 Å². The monoisotopic (exact) mass is 373 g/mol. The van der Waals surface area contributed by atoms with Gasteiger partial charge in [-0.05, 0) is 31.2 Å². The smallest absolute Gasteiger partial charge is 0.274 e. The number of para-hydroxylation sites is 2. The molecule has 0 radical (unpaired) electrons. The first-order chi connectivity index (χ1) is 13.6. The minimum Gasteiger partial charge on any atom is -0.496 e. The Morgan fingerprint density at radius 3 is 2.68 bits per heavy atom. The zero-order valence-electron chi connectivity index (χ0n) is 15.6. The van der Waals surface area contributed by atoms with Gasteiger partial charge in [0.25, 0.3) is 5.91 Å². The largest absolute Gasteiger partial charge is 0.496 e. The molecule has 1 amide bonds. The number of ether oxygens (including phenoxy) is 1. The minimum absolute atomic E-state index is 0.211. The Hall–Kier alpha value is -3.92. The Morgan fingerprint density at radius 1 is 1.14 bits per heavy atom. The van der Waals surface area contributed by atoms with Crippen LogP contribution < -0.4 is 15.4 Å². The second-order valence-corrected chi connectivity index (χ2v) is 6.00. The van der Waals surface area contributed by atoms with Gasteiger partial charge in [-0.15, -0.1) is 0 Å². The fourth-order valence-corrected chi connectivity index (χ4v) is 2.66. The summed E-state index contributed by atoms with van der Waals surface area (Å²) in [6.45, 7) is 2.24. The van der Waals surface area contributed by atoms with E-state index in [1.54, 1.807) is 44.4 Å². The van der Waals surface area contributed by atoms with Crippen molar-refractivity contribution < 1.29 is 9.53 Å². The Bertz CT molecular complexity index is 1040. The van der Waals surface area contributed by atoms with E-state index in [-0.39, 0.29) is 5.69 Å². The van der Waals surface area contributed by atoms with E-state index in [4.69, 9.17) is 10.00 Å². The van der Waals surface area contributed by atoms with Crippen LogP contribution in [-0.4, -0.2) is 23.0 Å². The van der Waals surface area contributed by atoms with E-state index in [1.165, 1.54) is 0 Å². The van der Waals surface area contributed by atoms with E-state index in [1.807, 2.05) is 24.3 Å². The number of amides is 1. The van der Waals surface area contributed by atoms with Crippen LogP contribution in [-0.2, 0) is 6.54 Å². The lowest BCUT2D eigenvalue weighted by Gasteiger charge is -2.11. The Balaban J connectivity index is 1.77. The fraction of sp³-hybridized carbons (Fsp3) is 0.143. The van der Waals surface area contributed by atoms with Crippen molar-refractivity contribution in [3.63, 3.8) is 0 Å². The maximum Gasteiger partial charge on any atom is 0.274 e. The van der Waals surface area contributed by atoms with Gasteiger partial charge in [-0.1, -0.05) is 30.3 Å². The number of nitrogens with zero attached hydrogens (tertiary/aromatic N) is 3. The molecule has 3 aromatic rings. The Labute approximate surface area is 163 Å². The molecule has 2 aromatic carbocycles. The van der Waals surface area contributed by atoms with Crippen LogP contribution in [0.5, 0.6) is 5.75 Å². The molecule has 0 bridgehead atoms. The predicted molar refractivity (Wildman–Crippen MR) is 106 cm³/mol. The number of carbonyl (C=O) groups is 1. The first-order valence-corrected chi connectivity index (χ1v) is 8.62. The van der Waals surface area contributed by atoms with Gasteiger partial charge in [0.15, 0.2) is 0 Å². The summed E-state index contributed by atoms with van der Waals surface area (Å²) in [7, 11) is 1.61. The SMILES string of the molecule is COc1ccccc1CNc1nc(C)cc(C(=O)Nc2ccccc2C#N)n1. The number of carbonyl (C=O) groups excluding carboxylic acids is 1. The first kappa shape index (κ1) is 18.9. The second kappa shape index (κ2) is 8.64. The van der Waals surface area contributed by atoms with Crippen LogP contribution in [0.15, 0.2) is 54.6 Å². The molecule has 0 saturated heterocycles. The maximum absolute atomic E-state index is 12.6. The lowest BCUT2D eigenvalue weighted by atomic mass is 10.2. The van der Waals surface area contributed by atoms with Crippen molar-refractivity contribution in [3.8, 4) is 11.8 Å². The highest BCUT2D eigenvalue weighted by Gasteiger charge is 2.13. The van der Waals surface area contributed by atoms with Gasteiger partial charge in [-0.2, -0.15) is 5.26 Å². The number of methoxy groups -OCH3 is 1. The summed E-state index contributed by atoms with van der Waals surface area (Å²) in [4.78, 5) is 21.2. The van der Waals surface area contributed by atoms with Crippen molar-refractivity contribution in [2.45, 2.75) is 13.5 Å². The highest BCUT2D eigenvalue weighted by molar-refractivity contribution is 6.03. The number of benzene rings is 2. The van der Waals surface area contributed by atoms with E-state index >= 15 is 0 Å². The summed E-state index contributed by atoms with van der Waals surface area (Å²) in [5.41, 5.74) is 2.63. The van der Waals surface area contributed by atoms with Crippen molar-refractivity contribution in [2.75, 3.05) is 17.7 Å². The molecular formula is C21H19N5O2. The van der Waals surface area contributed by atoms with Crippen molar-refractivity contribution in [1.82, 2.24) is 9.97 Å². The van der Waals surface area contributed by atoms with Crippen molar-refractivity contribution in [1.29, 1.82) is 5.26 Å². The quantitative estimate of drug-likeness (QED) is 0.686. The van der Waals surface area contributed by atoms with Crippen LogP contribution in [0.4, 0.5) is 11.6 Å². The predicted octanol–water partition coefficient (Wildman–Crippen LogP) is 3.53. The van der Waals surface area contributed by atoms with Crippen molar-refractivity contribution in [2.24, 2.45) is 0 Å². The highest BCUT2D eigenvalue weighted by Crippen LogP contribution is 2.19. The molecular weight excluding hydrogens is 354 g/mol. The molecule has 0 unspecified atom stereocenters. The average Bonchev–Trinajstić information content (AvgIpc) is 2.72. The molecule has 0 fully saturated rings. The summed E-state index contributed by atoms with van der Waals surface area (Å²) < 4.78 is 5.34. The number of aryl methyl sites for hydroxylation is 1. The van der Waals surface area contributed by atoms with Gasteiger partial charge >= 0.3 is 0 Å². The zero-order valence-corrected chi connectivity index (χ0v) is 15.6. The van der Waals surface area contributed by atoms with E-state index < -0.39 is 5.91 Å². The number of anilines is 2. The molecule has 7 heteroatoms. The molecule has 0 saturated carbocycles. The van der Waals surface area contributed by atoms with Crippen molar-refractivity contribution in [3.05, 3.63) is 77.1 Å². The summed E-state index contributed by atoms with van der Waals surface area (Å²) in [5, 5.41) is 15.0. The minimum atomic E-state index is -0.409. The van der Waals surface area contributed by atoms with Crippen molar-refractivity contribution >= 4 is 17.5 Å². The molecule has 2 N–H and O–H groups in total. The van der Waals surface area contributed by atoms with Gasteiger partial charge in [0.2, 0.25) is 5.95 Å². The van der Waals surface area contributed by atoms with E-state index in [0.717, 1.165) is 11.3 Å². The lowest BCUT2D eigenvalue weighted by Crippen LogP contribution is -2.17. The number of rotatable bonds is 6. The van der Waals surface area contributed by atoms with Crippen LogP contribution in [0.1, 0.15) is 27.3 Å². The third-order valence-corrected chi connectivity index (χ3v) is 4.01. The van der Waals surface area contributed by atoms with Gasteiger partial charge in [-0.25, -0.2) is 9.97 Å².